The summed E-state index contributed by atoms with van der Waals surface area (Å²) in [4.78, 5) is 36.5. The van der Waals surface area contributed by atoms with Crippen molar-refractivity contribution < 1.29 is 19.5 Å². The van der Waals surface area contributed by atoms with E-state index in [0.29, 0.717) is 36.2 Å². The summed E-state index contributed by atoms with van der Waals surface area (Å²) in [6.07, 6.45) is 1.29. The van der Waals surface area contributed by atoms with Crippen LogP contribution < -0.4 is 5.32 Å². The predicted octanol–water partition coefficient (Wildman–Crippen LogP) is 1.89. The summed E-state index contributed by atoms with van der Waals surface area (Å²) in [5.74, 6) is -1.75. The highest BCUT2D eigenvalue weighted by Gasteiger charge is 2.29. The minimum atomic E-state index is -0.860. The molecule has 1 heterocycles. The molecule has 1 aromatic carbocycles. The van der Waals surface area contributed by atoms with Gasteiger partial charge in [0.05, 0.1) is 5.92 Å². The molecule has 118 valence electrons. The van der Waals surface area contributed by atoms with Gasteiger partial charge in [-0.25, -0.2) is 0 Å². The fraction of sp³-hybridized carbons (Fsp3) is 0.438. The first-order valence-electron chi connectivity index (χ1n) is 7.29. The van der Waals surface area contributed by atoms with Crippen LogP contribution in [0.3, 0.4) is 0 Å². The van der Waals surface area contributed by atoms with Crippen LogP contribution in [0.4, 0.5) is 5.69 Å². The molecular formula is C16H20N2O4. The number of carbonyl (C=O) groups is 3. The molecule has 22 heavy (non-hydrogen) atoms. The molecule has 1 aliphatic rings. The second-order valence-electron chi connectivity index (χ2n) is 5.59. The Balaban J connectivity index is 2.22. The van der Waals surface area contributed by atoms with Gasteiger partial charge in [0.1, 0.15) is 0 Å². The lowest BCUT2D eigenvalue weighted by atomic mass is 9.97. The molecule has 0 radical (unpaired) electrons. The van der Waals surface area contributed by atoms with E-state index in [1.807, 2.05) is 0 Å². The predicted molar refractivity (Wildman–Crippen MR) is 81.7 cm³/mol. The largest absolute Gasteiger partial charge is 0.481 e. The molecule has 1 saturated heterocycles. The molecule has 1 unspecified atom stereocenters. The lowest BCUT2D eigenvalue weighted by Gasteiger charge is -2.31. The van der Waals surface area contributed by atoms with Crippen molar-refractivity contribution in [3.63, 3.8) is 0 Å². The second kappa shape index (κ2) is 6.60. The Labute approximate surface area is 129 Å². The molecule has 0 bridgehead atoms. The molecule has 2 amide bonds. The SMILES string of the molecule is CC(=O)Nc1cccc(C(=O)N2CCCC(C(=O)O)C2)c1C. The zero-order chi connectivity index (χ0) is 16.3. The van der Waals surface area contributed by atoms with Crippen LogP contribution in [0.5, 0.6) is 0 Å². The number of hydrogen-bond donors (Lipinski definition) is 2. The van der Waals surface area contributed by atoms with Crippen LogP contribution in [0.15, 0.2) is 18.2 Å². The third-order valence-electron chi connectivity index (χ3n) is 3.93. The minimum Gasteiger partial charge on any atom is -0.481 e. The van der Waals surface area contributed by atoms with Crippen LogP contribution in [-0.2, 0) is 9.59 Å². The van der Waals surface area contributed by atoms with Crippen LogP contribution in [0, 0.1) is 12.8 Å². The van der Waals surface area contributed by atoms with Crippen molar-refractivity contribution in [1.29, 1.82) is 0 Å². The van der Waals surface area contributed by atoms with Crippen molar-refractivity contribution in [3.8, 4) is 0 Å². The quantitative estimate of drug-likeness (QED) is 0.892. The van der Waals surface area contributed by atoms with Gasteiger partial charge >= 0.3 is 5.97 Å². The lowest BCUT2D eigenvalue weighted by Crippen LogP contribution is -2.42. The summed E-state index contributed by atoms with van der Waals surface area (Å²) < 4.78 is 0. The first-order chi connectivity index (χ1) is 10.4. The maximum absolute atomic E-state index is 12.6. The summed E-state index contributed by atoms with van der Waals surface area (Å²) in [5.41, 5.74) is 1.79. The van der Waals surface area contributed by atoms with Gasteiger partial charge in [0.15, 0.2) is 0 Å². The van der Waals surface area contributed by atoms with Gasteiger partial charge in [0.2, 0.25) is 5.91 Å². The van der Waals surface area contributed by atoms with Gasteiger partial charge in [-0.15, -0.1) is 0 Å². The van der Waals surface area contributed by atoms with E-state index in [1.165, 1.54) is 6.92 Å². The van der Waals surface area contributed by atoms with Gasteiger partial charge in [-0.3, -0.25) is 14.4 Å². The number of carboxylic acid groups (broad SMARTS) is 1. The molecule has 0 saturated carbocycles. The molecule has 0 spiro atoms. The first kappa shape index (κ1) is 16.0. The molecule has 0 aromatic heterocycles. The van der Waals surface area contributed by atoms with Crippen molar-refractivity contribution in [1.82, 2.24) is 4.90 Å². The fourth-order valence-electron chi connectivity index (χ4n) is 2.73. The normalized spacial score (nSPS) is 17.9. The topological polar surface area (TPSA) is 86.7 Å². The average Bonchev–Trinajstić information content (AvgIpc) is 2.48. The van der Waals surface area contributed by atoms with Gasteiger partial charge in [0, 0.05) is 31.3 Å². The zero-order valence-corrected chi connectivity index (χ0v) is 12.8. The third-order valence-corrected chi connectivity index (χ3v) is 3.93. The Morgan fingerprint density at radius 2 is 2.05 bits per heavy atom. The number of aliphatic carboxylic acids is 1. The summed E-state index contributed by atoms with van der Waals surface area (Å²) in [7, 11) is 0. The molecule has 2 N–H and O–H groups in total. The number of carbonyl (C=O) groups excluding carboxylic acids is 2. The molecule has 6 heteroatoms. The van der Waals surface area contributed by atoms with Crippen molar-refractivity contribution in [2.75, 3.05) is 18.4 Å². The van der Waals surface area contributed by atoms with E-state index < -0.39 is 11.9 Å². The van der Waals surface area contributed by atoms with E-state index in [9.17, 15) is 14.4 Å². The Hall–Kier alpha value is -2.37. The van der Waals surface area contributed by atoms with E-state index in [-0.39, 0.29) is 18.4 Å². The standard InChI is InChI=1S/C16H20N2O4/c1-10-13(6-3-7-14(10)17-11(2)19)15(20)18-8-4-5-12(9-18)16(21)22/h3,6-7,12H,4-5,8-9H2,1-2H3,(H,17,19)(H,21,22). The Kier molecular flexibility index (Phi) is 4.80. The molecule has 1 atom stereocenters. The van der Waals surface area contributed by atoms with Gasteiger partial charge in [-0.1, -0.05) is 6.07 Å². The van der Waals surface area contributed by atoms with Crippen LogP contribution in [-0.4, -0.2) is 40.9 Å². The molecule has 0 aliphatic carbocycles. The van der Waals surface area contributed by atoms with Gasteiger partial charge < -0.3 is 15.3 Å². The smallest absolute Gasteiger partial charge is 0.308 e. The lowest BCUT2D eigenvalue weighted by molar-refractivity contribution is -0.143. The fourth-order valence-corrected chi connectivity index (χ4v) is 2.73. The molecule has 1 fully saturated rings. The van der Waals surface area contributed by atoms with E-state index in [4.69, 9.17) is 5.11 Å². The Morgan fingerprint density at radius 3 is 2.68 bits per heavy atom. The number of nitrogens with zero attached hydrogens (tertiary/aromatic N) is 1. The second-order valence-corrected chi connectivity index (χ2v) is 5.59. The van der Waals surface area contributed by atoms with Gasteiger partial charge in [-0.05, 0) is 37.5 Å². The number of anilines is 1. The molecule has 2 rings (SSSR count). The number of nitrogens with one attached hydrogen (secondary N) is 1. The van der Waals surface area contributed by atoms with Crippen molar-refractivity contribution >= 4 is 23.5 Å². The van der Waals surface area contributed by atoms with Gasteiger partial charge in [0.25, 0.3) is 5.91 Å². The highest BCUT2D eigenvalue weighted by atomic mass is 16.4. The van der Waals surface area contributed by atoms with Crippen LogP contribution in [0.25, 0.3) is 0 Å². The minimum absolute atomic E-state index is 0.185. The maximum atomic E-state index is 12.6. The van der Waals surface area contributed by atoms with Gasteiger partial charge in [-0.2, -0.15) is 0 Å². The molecule has 1 aliphatic heterocycles. The van der Waals surface area contributed by atoms with E-state index >= 15 is 0 Å². The number of carboxylic acids is 1. The Bertz CT molecular complexity index is 612. The van der Waals surface area contributed by atoms with Crippen molar-refractivity contribution in [2.24, 2.45) is 5.92 Å². The highest BCUT2D eigenvalue weighted by molar-refractivity contribution is 5.99. The molecule has 6 nitrogen and oxygen atoms in total. The number of amides is 2. The number of hydrogen-bond acceptors (Lipinski definition) is 3. The van der Waals surface area contributed by atoms with Crippen LogP contribution in [0.2, 0.25) is 0 Å². The molecule has 1 aromatic rings. The number of rotatable bonds is 3. The summed E-state index contributed by atoms with van der Waals surface area (Å²) in [5, 5.41) is 11.8. The average molecular weight is 304 g/mol. The van der Waals surface area contributed by atoms with Crippen LogP contribution in [0.1, 0.15) is 35.7 Å². The third kappa shape index (κ3) is 3.44. The van der Waals surface area contributed by atoms with E-state index in [1.54, 1.807) is 30.0 Å². The van der Waals surface area contributed by atoms with Crippen molar-refractivity contribution in [2.45, 2.75) is 26.7 Å². The summed E-state index contributed by atoms with van der Waals surface area (Å²) >= 11 is 0. The van der Waals surface area contributed by atoms with E-state index in [2.05, 4.69) is 5.32 Å². The zero-order valence-electron chi connectivity index (χ0n) is 12.8. The van der Waals surface area contributed by atoms with Crippen LogP contribution >= 0.6 is 0 Å². The number of piperidine rings is 1. The summed E-state index contributed by atoms with van der Waals surface area (Å²) in [6.45, 7) is 3.98. The Morgan fingerprint density at radius 1 is 1.32 bits per heavy atom. The summed E-state index contributed by atoms with van der Waals surface area (Å²) in [6, 6.07) is 5.15. The first-order valence-corrected chi connectivity index (χ1v) is 7.29. The monoisotopic (exact) mass is 304 g/mol. The maximum Gasteiger partial charge on any atom is 0.308 e. The number of likely N-dealkylation sites (tertiary alicyclic amines) is 1. The van der Waals surface area contributed by atoms with E-state index in [0.717, 1.165) is 0 Å². The highest BCUT2D eigenvalue weighted by Crippen LogP contribution is 2.23. The molecular weight excluding hydrogens is 284 g/mol. The number of benzene rings is 1. The van der Waals surface area contributed by atoms with Crippen molar-refractivity contribution in [3.05, 3.63) is 29.3 Å².